The lowest BCUT2D eigenvalue weighted by atomic mass is 10.0. The van der Waals surface area contributed by atoms with Gasteiger partial charge in [0, 0.05) is 12.2 Å². The van der Waals surface area contributed by atoms with Gasteiger partial charge in [0.15, 0.2) is 0 Å². The molecule has 0 spiro atoms. The van der Waals surface area contributed by atoms with Crippen LogP contribution in [0.25, 0.3) is 0 Å². The van der Waals surface area contributed by atoms with Gasteiger partial charge in [-0.1, -0.05) is 6.42 Å². The van der Waals surface area contributed by atoms with Crippen molar-refractivity contribution in [3.05, 3.63) is 23.8 Å². The van der Waals surface area contributed by atoms with Gasteiger partial charge < -0.3 is 10.4 Å². The minimum Gasteiger partial charge on any atom is -0.481 e. The average molecular weight is 249 g/mol. The van der Waals surface area contributed by atoms with E-state index >= 15 is 0 Å². The summed E-state index contributed by atoms with van der Waals surface area (Å²) >= 11 is 0. The van der Waals surface area contributed by atoms with Crippen LogP contribution in [0.2, 0.25) is 0 Å². The predicted molar refractivity (Wildman–Crippen MR) is 63.0 cm³/mol. The molecule has 0 aliphatic heterocycles. The molecule has 1 aromatic heterocycles. The van der Waals surface area contributed by atoms with Crippen molar-refractivity contribution < 1.29 is 14.7 Å². The van der Waals surface area contributed by atoms with Crippen LogP contribution in [0.1, 0.15) is 35.4 Å². The minimum absolute atomic E-state index is 0.219. The van der Waals surface area contributed by atoms with Crippen LogP contribution >= 0.6 is 0 Å². The fourth-order valence-corrected chi connectivity index (χ4v) is 2.18. The molecular formula is C12H15N3O3. The molecule has 2 atom stereocenters. The second kappa shape index (κ2) is 5.12. The van der Waals surface area contributed by atoms with E-state index in [-0.39, 0.29) is 17.6 Å². The highest BCUT2D eigenvalue weighted by atomic mass is 16.4. The van der Waals surface area contributed by atoms with Gasteiger partial charge in [0.25, 0.3) is 5.91 Å². The molecule has 1 aliphatic rings. The van der Waals surface area contributed by atoms with E-state index in [1.165, 1.54) is 12.4 Å². The maximum Gasteiger partial charge on any atom is 0.308 e. The summed E-state index contributed by atoms with van der Waals surface area (Å²) in [4.78, 5) is 30.8. The monoisotopic (exact) mass is 249 g/mol. The van der Waals surface area contributed by atoms with Crippen LogP contribution in [-0.4, -0.2) is 33.0 Å². The molecule has 2 N–H and O–H groups in total. The smallest absolute Gasteiger partial charge is 0.308 e. The van der Waals surface area contributed by atoms with E-state index in [1.54, 1.807) is 6.92 Å². The first kappa shape index (κ1) is 12.5. The SMILES string of the molecule is Cc1cnc(C(=O)NC2CCCC2C(=O)O)cn1. The van der Waals surface area contributed by atoms with Crippen LogP contribution in [0.3, 0.4) is 0 Å². The van der Waals surface area contributed by atoms with Gasteiger partial charge >= 0.3 is 5.97 Å². The van der Waals surface area contributed by atoms with Crippen molar-refractivity contribution in [2.45, 2.75) is 32.2 Å². The number of aromatic nitrogens is 2. The Morgan fingerprint density at radius 3 is 2.72 bits per heavy atom. The van der Waals surface area contributed by atoms with Crippen molar-refractivity contribution in [2.24, 2.45) is 5.92 Å². The van der Waals surface area contributed by atoms with Crippen LogP contribution in [0.5, 0.6) is 0 Å². The normalized spacial score (nSPS) is 22.7. The number of nitrogens with zero attached hydrogens (tertiary/aromatic N) is 2. The van der Waals surface area contributed by atoms with E-state index in [2.05, 4.69) is 15.3 Å². The van der Waals surface area contributed by atoms with E-state index in [1.807, 2.05) is 0 Å². The highest BCUT2D eigenvalue weighted by Crippen LogP contribution is 2.25. The Hall–Kier alpha value is -1.98. The minimum atomic E-state index is -0.854. The summed E-state index contributed by atoms with van der Waals surface area (Å²) in [6, 6.07) is -0.307. The van der Waals surface area contributed by atoms with Crippen molar-refractivity contribution in [2.75, 3.05) is 0 Å². The number of aryl methyl sites for hydroxylation is 1. The summed E-state index contributed by atoms with van der Waals surface area (Å²) in [6.07, 6.45) is 5.04. The van der Waals surface area contributed by atoms with E-state index < -0.39 is 11.9 Å². The van der Waals surface area contributed by atoms with Gasteiger partial charge in [0.1, 0.15) is 5.69 Å². The first-order chi connectivity index (χ1) is 8.58. The summed E-state index contributed by atoms with van der Waals surface area (Å²) in [6.45, 7) is 1.78. The average Bonchev–Trinajstić information content (AvgIpc) is 2.78. The molecule has 2 rings (SSSR count). The van der Waals surface area contributed by atoms with Gasteiger partial charge in [0.2, 0.25) is 0 Å². The van der Waals surface area contributed by atoms with Gasteiger partial charge in [-0.25, -0.2) is 4.98 Å². The van der Waals surface area contributed by atoms with E-state index in [0.29, 0.717) is 12.8 Å². The third-order valence-corrected chi connectivity index (χ3v) is 3.16. The maximum atomic E-state index is 11.9. The zero-order valence-electron chi connectivity index (χ0n) is 10.1. The number of carbonyl (C=O) groups is 2. The first-order valence-electron chi connectivity index (χ1n) is 5.90. The molecule has 0 saturated heterocycles. The number of carboxylic acid groups (broad SMARTS) is 1. The lowest BCUT2D eigenvalue weighted by molar-refractivity contribution is -0.142. The molecule has 96 valence electrons. The molecule has 6 nitrogen and oxygen atoms in total. The Morgan fingerprint density at radius 1 is 1.33 bits per heavy atom. The number of carbonyl (C=O) groups excluding carboxylic acids is 1. The number of carboxylic acids is 1. The molecule has 1 amide bonds. The van der Waals surface area contributed by atoms with Crippen LogP contribution in [0.4, 0.5) is 0 Å². The third kappa shape index (κ3) is 2.64. The van der Waals surface area contributed by atoms with Crippen LogP contribution < -0.4 is 5.32 Å². The Morgan fingerprint density at radius 2 is 2.11 bits per heavy atom. The largest absolute Gasteiger partial charge is 0.481 e. The zero-order chi connectivity index (χ0) is 13.1. The van der Waals surface area contributed by atoms with Gasteiger partial charge in [-0.05, 0) is 19.8 Å². The topological polar surface area (TPSA) is 92.2 Å². The molecule has 1 aliphatic carbocycles. The van der Waals surface area contributed by atoms with Crippen LogP contribution in [-0.2, 0) is 4.79 Å². The second-order valence-corrected chi connectivity index (χ2v) is 4.50. The molecule has 0 aromatic carbocycles. The Labute approximate surface area is 104 Å². The van der Waals surface area contributed by atoms with E-state index in [0.717, 1.165) is 12.1 Å². The van der Waals surface area contributed by atoms with Crippen molar-refractivity contribution in [1.29, 1.82) is 0 Å². The molecule has 2 unspecified atom stereocenters. The fraction of sp³-hybridized carbons (Fsp3) is 0.500. The number of rotatable bonds is 3. The Bertz CT molecular complexity index is 458. The van der Waals surface area contributed by atoms with Crippen LogP contribution in [0.15, 0.2) is 12.4 Å². The summed E-state index contributed by atoms with van der Waals surface area (Å²) in [5, 5.41) is 11.7. The molecule has 1 heterocycles. The first-order valence-corrected chi connectivity index (χ1v) is 5.90. The number of hydrogen-bond donors (Lipinski definition) is 2. The lowest BCUT2D eigenvalue weighted by Gasteiger charge is -2.17. The second-order valence-electron chi connectivity index (χ2n) is 4.50. The molecular weight excluding hydrogens is 234 g/mol. The molecule has 1 aromatic rings. The van der Waals surface area contributed by atoms with Crippen molar-refractivity contribution >= 4 is 11.9 Å². The van der Waals surface area contributed by atoms with Gasteiger partial charge in [-0.15, -0.1) is 0 Å². The van der Waals surface area contributed by atoms with Crippen molar-refractivity contribution in [1.82, 2.24) is 15.3 Å². The van der Waals surface area contributed by atoms with Crippen LogP contribution in [0, 0.1) is 12.8 Å². The predicted octanol–water partition coefficient (Wildman–Crippen LogP) is 0.768. The molecule has 1 fully saturated rings. The van der Waals surface area contributed by atoms with E-state index in [9.17, 15) is 9.59 Å². The quantitative estimate of drug-likeness (QED) is 0.825. The fourth-order valence-electron chi connectivity index (χ4n) is 2.18. The maximum absolute atomic E-state index is 11.9. The number of amides is 1. The number of nitrogens with one attached hydrogen (secondary N) is 1. The Balaban J connectivity index is 2.03. The molecule has 6 heteroatoms. The molecule has 0 radical (unpaired) electrons. The third-order valence-electron chi connectivity index (χ3n) is 3.16. The number of hydrogen-bond acceptors (Lipinski definition) is 4. The van der Waals surface area contributed by atoms with E-state index in [4.69, 9.17) is 5.11 Å². The summed E-state index contributed by atoms with van der Waals surface area (Å²) in [5.74, 6) is -1.71. The summed E-state index contributed by atoms with van der Waals surface area (Å²) in [7, 11) is 0. The van der Waals surface area contributed by atoms with Crippen molar-refractivity contribution in [3.8, 4) is 0 Å². The molecule has 0 bridgehead atoms. The Kier molecular flexibility index (Phi) is 3.55. The van der Waals surface area contributed by atoms with Gasteiger partial charge in [0.05, 0.1) is 17.8 Å². The summed E-state index contributed by atoms with van der Waals surface area (Å²) < 4.78 is 0. The molecule has 18 heavy (non-hydrogen) atoms. The van der Waals surface area contributed by atoms with Gasteiger partial charge in [-0.2, -0.15) is 0 Å². The standard InChI is InChI=1S/C12H15N3O3/c1-7-5-14-10(6-13-7)11(16)15-9-4-2-3-8(9)12(17)18/h5-6,8-9H,2-4H2,1H3,(H,15,16)(H,17,18). The highest BCUT2D eigenvalue weighted by Gasteiger charge is 2.34. The summed E-state index contributed by atoms with van der Waals surface area (Å²) in [5.41, 5.74) is 0.951. The van der Waals surface area contributed by atoms with Crippen molar-refractivity contribution in [3.63, 3.8) is 0 Å². The highest BCUT2D eigenvalue weighted by molar-refractivity contribution is 5.92. The lowest BCUT2D eigenvalue weighted by Crippen LogP contribution is -2.40. The molecule has 1 saturated carbocycles. The number of aliphatic carboxylic acids is 1. The van der Waals surface area contributed by atoms with Gasteiger partial charge in [-0.3, -0.25) is 14.6 Å². The zero-order valence-corrected chi connectivity index (χ0v) is 10.1.